The van der Waals surface area contributed by atoms with Gasteiger partial charge in [-0.05, 0) is 42.5 Å². The maximum absolute atomic E-state index is 11.6. The highest BCUT2D eigenvalue weighted by Crippen LogP contribution is 2.26. The highest BCUT2D eigenvalue weighted by Gasteiger charge is 2.35. The average Bonchev–Trinajstić information content (AvgIpc) is 2.55. The summed E-state index contributed by atoms with van der Waals surface area (Å²) >= 11 is 1.68. The Morgan fingerprint density at radius 1 is 1.13 bits per heavy atom. The molecule has 5 heteroatoms. The Bertz CT molecular complexity index is 627. The van der Waals surface area contributed by atoms with E-state index in [4.69, 9.17) is 4.74 Å². The molecule has 0 aliphatic heterocycles. The van der Waals surface area contributed by atoms with E-state index in [9.17, 15) is 15.0 Å². The molecule has 4 nitrogen and oxygen atoms in total. The summed E-state index contributed by atoms with van der Waals surface area (Å²) in [5.74, 6) is 1.07. The molecule has 1 atom stereocenters. The van der Waals surface area contributed by atoms with Gasteiger partial charge in [0.1, 0.15) is 11.5 Å². The van der Waals surface area contributed by atoms with E-state index in [1.165, 1.54) is 17.7 Å². The predicted molar refractivity (Wildman–Crippen MR) is 92.0 cm³/mol. The van der Waals surface area contributed by atoms with Crippen molar-refractivity contribution in [1.82, 2.24) is 0 Å². The molecule has 122 valence electrons. The van der Waals surface area contributed by atoms with Crippen LogP contribution in [0, 0.1) is 0 Å². The Morgan fingerprint density at radius 3 is 2.39 bits per heavy atom. The van der Waals surface area contributed by atoms with E-state index >= 15 is 0 Å². The molecule has 0 amide bonds. The third kappa shape index (κ3) is 5.21. The van der Waals surface area contributed by atoms with Crippen molar-refractivity contribution in [1.29, 1.82) is 0 Å². The van der Waals surface area contributed by atoms with Crippen molar-refractivity contribution in [3.05, 3.63) is 60.2 Å². The first-order chi connectivity index (χ1) is 11.0. The van der Waals surface area contributed by atoms with Gasteiger partial charge in [0.25, 0.3) is 0 Å². The van der Waals surface area contributed by atoms with Crippen LogP contribution in [0.3, 0.4) is 0 Å². The smallest absolute Gasteiger partial charge is 0.347 e. The molecule has 1 unspecified atom stereocenters. The fourth-order valence-corrected chi connectivity index (χ4v) is 3.11. The number of hydrogen-bond donors (Lipinski definition) is 2. The standard InChI is InChI=1S/C18H20O4S/c1-18(17(20)21,22-16-9-7-15(19)8-10-16)11-12-23-13-14-5-3-2-4-6-14/h2-10,19H,11-13H2,1H3,(H,20,21). The van der Waals surface area contributed by atoms with Crippen LogP contribution in [-0.2, 0) is 10.5 Å². The number of aromatic hydroxyl groups is 1. The molecule has 0 bridgehead atoms. The first-order valence-corrected chi connectivity index (χ1v) is 8.48. The van der Waals surface area contributed by atoms with E-state index in [1.807, 2.05) is 18.2 Å². The molecule has 0 saturated heterocycles. The van der Waals surface area contributed by atoms with Gasteiger partial charge in [0.15, 0.2) is 0 Å². The lowest BCUT2D eigenvalue weighted by atomic mass is 10.0. The molecule has 0 fully saturated rings. The first kappa shape index (κ1) is 17.2. The third-order valence-corrected chi connectivity index (χ3v) is 4.50. The minimum Gasteiger partial charge on any atom is -0.508 e. The highest BCUT2D eigenvalue weighted by molar-refractivity contribution is 7.98. The second kappa shape index (κ2) is 7.92. The summed E-state index contributed by atoms with van der Waals surface area (Å²) in [6, 6.07) is 16.1. The van der Waals surface area contributed by atoms with Gasteiger partial charge in [0.05, 0.1) is 0 Å². The van der Waals surface area contributed by atoms with Gasteiger partial charge in [-0.15, -0.1) is 0 Å². The molecule has 2 rings (SSSR count). The molecule has 23 heavy (non-hydrogen) atoms. The molecule has 0 aliphatic rings. The molecule has 0 aromatic heterocycles. The Labute approximate surface area is 140 Å². The molecule has 0 spiro atoms. The topological polar surface area (TPSA) is 66.8 Å². The van der Waals surface area contributed by atoms with Crippen molar-refractivity contribution in [3.63, 3.8) is 0 Å². The lowest BCUT2D eigenvalue weighted by Gasteiger charge is -2.26. The summed E-state index contributed by atoms with van der Waals surface area (Å²) in [6.07, 6.45) is 0.390. The van der Waals surface area contributed by atoms with Crippen molar-refractivity contribution in [2.24, 2.45) is 0 Å². The van der Waals surface area contributed by atoms with Crippen LogP contribution in [-0.4, -0.2) is 27.5 Å². The van der Waals surface area contributed by atoms with Crippen LogP contribution in [0.4, 0.5) is 0 Å². The zero-order valence-electron chi connectivity index (χ0n) is 12.9. The second-order valence-electron chi connectivity index (χ2n) is 5.42. The predicted octanol–water partition coefficient (Wildman–Crippen LogP) is 3.94. The van der Waals surface area contributed by atoms with E-state index in [1.54, 1.807) is 30.8 Å². The molecule has 0 saturated carbocycles. The number of rotatable bonds is 8. The van der Waals surface area contributed by atoms with Crippen LogP contribution in [0.2, 0.25) is 0 Å². The van der Waals surface area contributed by atoms with Crippen molar-refractivity contribution in [2.75, 3.05) is 5.75 Å². The van der Waals surface area contributed by atoms with Crippen LogP contribution in [0.5, 0.6) is 11.5 Å². The van der Waals surface area contributed by atoms with Gasteiger partial charge in [0.2, 0.25) is 5.60 Å². The van der Waals surface area contributed by atoms with Gasteiger partial charge in [-0.2, -0.15) is 11.8 Å². The van der Waals surface area contributed by atoms with Crippen LogP contribution >= 0.6 is 11.8 Å². The lowest BCUT2D eigenvalue weighted by molar-refractivity contribution is -0.153. The number of phenols is 1. The van der Waals surface area contributed by atoms with Gasteiger partial charge in [-0.25, -0.2) is 4.79 Å². The Balaban J connectivity index is 1.89. The summed E-state index contributed by atoms with van der Waals surface area (Å²) in [4.78, 5) is 11.6. The quantitative estimate of drug-likeness (QED) is 0.717. The number of carboxylic acid groups (broad SMARTS) is 1. The number of aliphatic carboxylic acids is 1. The Kier molecular flexibility index (Phi) is 5.93. The van der Waals surface area contributed by atoms with E-state index < -0.39 is 11.6 Å². The molecule has 0 heterocycles. The van der Waals surface area contributed by atoms with Gasteiger partial charge in [0, 0.05) is 12.2 Å². The second-order valence-corrected chi connectivity index (χ2v) is 6.53. The van der Waals surface area contributed by atoms with Gasteiger partial charge in [-0.1, -0.05) is 30.3 Å². The zero-order valence-corrected chi connectivity index (χ0v) is 13.8. The summed E-state index contributed by atoms with van der Waals surface area (Å²) in [7, 11) is 0. The largest absolute Gasteiger partial charge is 0.508 e. The summed E-state index contributed by atoms with van der Waals surface area (Å²) in [6.45, 7) is 1.57. The molecule has 2 aromatic rings. The lowest BCUT2D eigenvalue weighted by Crippen LogP contribution is -2.42. The molecule has 2 N–H and O–H groups in total. The van der Waals surface area contributed by atoms with Crippen LogP contribution in [0.25, 0.3) is 0 Å². The third-order valence-electron chi connectivity index (χ3n) is 3.47. The van der Waals surface area contributed by atoms with Crippen LogP contribution < -0.4 is 4.74 Å². The minimum absolute atomic E-state index is 0.118. The van der Waals surface area contributed by atoms with Gasteiger partial charge in [-0.3, -0.25) is 0 Å². The summed E-state index contributed by atoms with van der Waals surface area (Å²) in [5, 5.41) is 18.8. The summed E-state index contributed by atoms with van der Waals surface area (Å²) < 4.78 is 5.65. The number of phenolic OH excluding ortho intramolecular Hbond substituents is 1. The average molecular weight is 332 g/mol. The van der Waals surface area contributed by atoms with Gasteiger partial charge < -0.3 is 14.9 Å². The number of carboxylic acids is 1. The first-order valence-electron chi connectivity index (χ1n) is 7.33. The maximum Gasteiger partial charge on any atom is 0.347 e. The van der Waals surface area contributed by atoms with E-state index in [0.29, 0.717) is 17.9 Å². The van der Waals surface area contributed by atoms with Crippen molar-refractivity contribution >= 4 is 17.7 Å². The number of benzene rings is 2. The molecular formula is C18H20O4S. The highest BCUT2D eigenvalue weighted by atomic mass is 32.2. The zero-order chi connectivity index (χ0) is 16.7. The molecule has 0 aliphatic carbocycles. The fraction of sp³-hybridized carbons (Fsp3) is 0.278. The normalized spacial score (nSPS) is 13.3. The van der Waals surface area contributed by atoms with Gasteiger partial charge >= 0.3 is 5.97 Å². The molecular weight excluding hydrogens is 312 g/mol. The Hall–Kier alpha value is -2.14. The Morgan fingerprint density at radius 2 is 1.78 bits per heavy atom. The number of ether oxygens (including phenoxy) is 1. The fourth-order valence-electron chi connectivity index (χ4n) is 2.01. The minimum atomic E-state index is -1.29. The SMILES string of the molecule is CC(CCSCc1ccccc1)(Oc1ccc(O)cc1)C(=O)O. The van der Waals surface area contributed by atoms with Crippen molar-refractivity contribution in [3.8, 4) is 11.5 Å². The molecule has 2 aromatic carbocycles. The van der Waals surface area contributed by atoms with Crippen LogP contribution in [0.1, 0.15) is 18.9 Å². The van der Waals surface area contributed by atoms with E-state index in [-0.39, 0.29) is 5.75 Å². The van der Waals surface area contributed by atoms with Crippen LogP contribution in [0.15, 0.2) is 54.6 Å². The summed E-state index contributed by atoms with van der Waals surface area (Å²) in [5.41, 5.74) is -0.0744. The van der Waals surface area contributed by atoms with Crippen molar-refractivity contribution in [2.45, 2.75) is 24.7 Å². The maximum atomic E-state index is 11.6. The van der Waals surface area contributed by atoms with Crippen molar-refractivity contribution < 1.29 is 19.7 Å². The number of thioether (sulfide) groups is 1. The number of hydrogen-bond acceptors (Lipinski definition) is 4. The van der Waals surface area contributed by atoms with E-state index in [0.717, 1.165) is 5.75 Å². The molecule has 0 radical (unpaired) electrons. The number of carbonyl (C=O) groups is 1. The monoisotopic (exact) mass is 332 g/mol. The van der Waals surface area contributed by atoms with E-state index in [2.05, 4.69) is 12.1 Å².